The number of carbonyl (C=O) groups is 3. The highest BCUT2D eigenvalue weighted by Crippen LogP contribution is 2.38. The number of amides is 3. The average Bonchev–Trinajstić information content (AvgIpc) is 2.96. The molecule has 3 aromatic carbocycles. The van der Waals surface area contributed by atoms with E-state index in [4.69, 9.17) is 23.7 Å². The lowest BCUT2D eigenvalue weighted by Crippen LogP contribution is -2.41. The highest BCUT2D eigenvalue weighted by molar-refractivity contribution is 6.06. The number of nitrogens with one attached hydrogen (secondary N) is 3. The number of methoxy groups -OCH3 is 3. The topological polar surface area (TPSA) is 133 Å². The van der Waals surface area contributed by atoms with E-state index in [2.05, 4.69) is 16.2 Å². The van der Waals surface area contributed by atoms with E-state index < -0.39 is 17.7 Å². The lowest BCUT2D eigenvalue weighted by atomic mass is 10.1. The number of ether oxygens (including phenoxy) is 5. The highest BCUT2D eigenvalue weighted by atomic mass is 16.5. The minimum absolute atomic E-state index is 0.208. The lowest BCUT2D eigenvalue weighted by molar-refractivity contribution is 0.0846. The molecule has 3 aromatic rings. The van der Waals surface area contributed by atoms with Crippen LogP contribution >= 0.6 is 0 Å². The van der Waals surface area contributed by atoms with Gasteiger partial charge in [-0.25, -0.2) is 0 Å². The van der Waals surface area contributed by atoms with Gasteiger partial charge >= 0.3 is 0 Å². The number of benzene rings is 3. The van der Waals surface area contributed by atoms with Crippen LogP contribution in [0.2, 0.25) is 0 Å². The van der Waals surface area contributed by atoms with Crippen molar-refractivity contribution in [1.82, 2.24) is 10.9 Å². The molecule has 0 heterocycles. The second kappa shape index (κ2) is 13.6. The third-order valence-electron chi connectivity index (χ3n) is 5.40. The van der Waals surface area contributed by atoms with Gasteiger partial charge in [-0.3, -0.25) is 25.2 Å². The monoisotopic (exact) mass is 537 g/mol. The molecule has 11 nitrogen and oxygen atoms in total. The van der Waals surface area contributed by atoms with Gasteiger partial charge < -0.3 is 29.0 Å². The van der Waals surface area contributed by atoms with Gasteiger partial charge in [-0.05, 0) is 62.4 Å². The van der Waals surface area contributed by atoms with Gasteiger partial charge in [-0.1, -0.05) is 6.07 Å². The van der Waals surface area contributed by atoms with Crippen LogP contribution in [0.1, 0.15) is 44.9 Å². The smallest absolute Gasteiger partial charge is 0.269 e. The van der Waals surface area contributed by atoms with Crippen molar-refractivity contribution < 1.29 is 38.1 Å². The van der Waals surface area contributed by atoms with E-state index in [1.54, 1.807) is 30.3 Å². The molecule has 0 aliphatic rings. The third-order valence-corrected chi connectivity index (χ3v) is 5.40. The highest BCUT2D eigenvalue weighted by Gasteiger charge is 2.18. The van der Waals surface area contributed by atoms with Gasteiger partial charge in [0.05, 0.1) is 34.5 Å². The number of hydrogen-bond donors (Lipinski definition) is 3. The summed E-state index contributed by atoms with van der Waals surface area (Å²) in [5.74, 6) is 0.373. The second-order valence-corrected chi connectivity index (χ2v) is 7.88. The predicted octanol–water partition coefficient (Wildman–Crippen LogP) is 3.84. The van der Waals surface area contributed by atoms with Crippen LogP contribution in [0.4, 0.5) is 5.69 Å². The van der Waals surface area contributed by atoms with E-state index in [1.165, 1.54) is 45.6 Å². The van der Waals surface area contributed by atoms with Crippen LogP contribution in [0.3, 0.4) is 0 Å². The maximum absolute atomic E-state index is 12.9. The zero-order valence-electron chi connectivity index (χ0n) is 22.4. The number of hydrazine groups is 1. The van der Waals surface area contributed by atoms with Gasteiger partial charge in [0.1, 0.15) is 0 Å². The fourth-order valence-electron chi connectivity index (χ4n) is 3.60. The molecule has 0 bridgehead atoms. The molecule has 0 aliphatic heterocycles. The molecule has 0 atom stereocenters. The van der Waals surface area contributed by atoms with Crippen LogP contribution in [-0.2, 0) is 0 Å². The Labute approximate surface area is 226 Å². The van der Waals surface area contributed by atoms with Crippen molar-refractivity contribution in [3.63, 3.8) is 0 Å². The Kier molecular flexibility index (Phi) is 9.96. The predicted molar refractivity (Wildman–Crippen MR) is 144 cm³/mol. The molecule has 0 saturated carbocycles. The van der Waals surface area contributed by atoms with E-state index in [-0.39, 0.29) is 16.7 Å². The number of rotatable bonds is 11. The maximum atomic E-state index is 12.9. The molecule has 3 rings (SSSR count). The van der Waals surface area contributed by atoms with E-state index >= 15 is 0 Å². The minimum Gasteiger partial charge on any atom is -0.493 e. The first-order valence-corrected chi connectivity index (χ1v) is 12.1. The summed E-state index contributed by atoms with van der Waals surface area (Å²) in [4.78, 5) is 38.2. The summed E-state index contributed by atoms with van der Waals surface area (Å²) in [6.45, 7) is 4.52. The van der Waals surface area contributed by atoms with Crippen LogP contribution in [0.5, 0.6) is 28.7 Å². The van der Waals surface area contributed by atoms with Gasteiger partial charge in [-0.2, -0.15) is 0 Å². The summed E-state index contributed by atoms with van der Waals surface area (Å²) in [5.41, 5.74) is 5.85. The van der Waals surface area contributed by atoms with Crippen molar-refractivity contribution in [2.24, 2.45) is 0 Å². The van der Waals surface area contributed by atoms with Crippen molar-refractivity contribution in [2.75, 3.05) is 39.9 Å². The Hall–Kier alpha value is -4.93. The quantitative estimate of drug-likeness (QED) is 0.314. The first-order valence-electron chi connectivity index (χ1n) is 12.1. The largest absolute Gasteiger partial charge is 0.493 e. The van der Waals surface area contributed by atoms with Crippen molar-refractivity contribution in [2.45, 2.75) is 13.8 Å². The van der Waals surface area contributed by atoms with Crippen molar-refractivity contribution in [3.8, 4) is 28.7 Å². The molecule has 0 saturated heterocycles. The molecule has 0 unspecified atom stereocenters. The lowest BCUT2D eigenvalue weighted by Gasteiger charge is -2.14. The molecule has 206 valence electrons. The zero-order chi connectivity index (χ0) is 28.4. The summed E-state index contributed by atoms with van der Waals surface area (Å²) in [5, 5.41) is 2.73. The number of hydrogen-bond acceptors (Lipinski definition) is 8. The van der Waals surface area contributed by atoms with Gasteiger partial charge in [0.2, 0.25) is 5.75 Å². The first kappa shape index (κ1) is 28.6. The molecule has 3 amide bonds. The average molecular weight is 538 g/mol. The zero-order valence-corrected chi connectivity index (χ0v) is 22.4. The summed E-state index contributed by atoms with van der Waals surface area (Å²) in [7, 11) is 4.37. The molecular formula is C28H31N3O8. The van der Waals surface area contributed by atoms with Crippen molar-refractivity contribution >= 4 is 23.4 Å². The Balaban J connectivity index is 1.68. The van der Waals surface area contributed by atoms with Crippen molar-refractivity contribution in [3.05, 3.63) is 71.3 Å². The van der Waals surface area contributed by atoms with Crippen LogP contribution in [0.15, 0.2) is 54.6 Å². The summed E-state index contributed by atoms with van der Waals surface area (Å²) < 4.78 is 26.9. The fraction of sp³-hybridized carbons (Fsp3) is 0.250. The molecule has 0 fully saturated rings. The van der Waals surface area contributed by atoms with Crippen LogP contribution < -0.4 is 39.9 Å². The number of anilines is 1. The van der Waals surface area contributed by atoms with Crippen molar-refractivity contribution in [1.29, 1.82) is 0 Å². The fourth-order valence-corrected chi connectivity index (χ4v) is 3.60. The first-order chi connectivity index (χ1) is 18.8. The van der Waals surface area contributed by atoms with Crippen LogP contribution in [0, 0.1) is 0 Å². The summed E-state index contributed by atoms with van der Waals surface area (Å²) in [6, 6.07) is 14.0. The Morgan fingerprint density at radius 1 is 0.615 bits per heavy atom. The number of carbonyl (C=O) groups excluding carboxylic acids is 3. The Bertz CT molecular complexity index is 1320. The molecule has 0 aromatic heterocycles. The van der Waals surface area contributed by atoms with Gasteiger partial charge in [0, 0.05) is 22.4 Å². The maximum Gasteiger partial charge on any atom is 0.269 e. The minimum atomic E-state index is -0.580. The van der Waals surface area contributed by atoms with E-state index in [9.17, 15) is 14.4 Å². The van der Waals surface area contributed by atoms with Gasteiger partial charge in [-0.15, -0.1) is 0 Å². The van der Waals surface area contributed by atoms with Crippen LogP contribution in [-0.4, -0.2) is 52.3 Å². The normalized spacial score (nSPS) is 10.2. The van der Waals surface area contributed by atoms with Gasteiger partial charge in [0.25, 0.3) is 17.7 Å². The molecule has 11 heteroatoms. The van der Waals surface area contributed by atoms with Crippen LogP contribution in [0.25, 0.3) is 0 Å². The Morgan fingerprint density at radius 2 is 1.18 bits per heavy atom. The molecule has 39 heavy (non-hydrogen) atoms. The summed E-state index contributed by atoms with van der Waals surface area (Å²) in [6.07, 6.45) is 0. The molecule has 3 N–H and O–H groups in total. The third kappa shape index (κ3) is 7.10. The Morgan fingerprint density at radius 3 is 1.74 bits per heavy atom. The molecule has 0 radical (unpaired) electrons. The second-order valence-electron chi connectivity index (χ2n) is 7.88. The van der Waals surface area contributed by atoms with E-state index in [0.29, 0.717) is 47.6 Å². The standard InChI is InChI=1S/C28H31N3O8/c1-6-38-21-12-11-18(14-22(21)39-7-2)28(34)31-30-27(33)17-9-8-10-20(13-17)29-26(32)19-15-23(35-3)25(37-5)24(16-19)36-4/h8-16H,6-7H2,1-5H3,(H,29,32)(H,30,33)(H,31,34). The van der Waals surface area contributed by atoms with Gasteiger partial charge in [0.15, 0.2) is 23.0 Å². The van der Waals surface area contributed by atoms with E-state index in [1.807, 2.05) is 13.8 Å². The molecular weight excluding hydrogens is 506 g/mol. The molecule has 0 aliphatic carbocycles. The van der Waals surface area contributed by atoms with E-state index in [0.717, 1.165) is 0 Å². The SMILES string of the molecule is CCOc1ccc(C(=O)NNC(=O)c2cccc(NC(=O)c3cc(OC)c(OC)c(OC)c3)c2)cc1OCC. The molecule has 0 spiro atoms. The summed E-state index contributed by atoms with van der Waals surface area (Å²) >= 11 is 0.